The molecule has 0 aromatic heterocycles. The van der Waals surface area contributed by atoms with Gasteiger partial charge in [0, 0.05) is 5.69 Å². The van der Waals surface area contributed by atoms with Gasteiger partial charge >= 0.3 is 0 Å². The third-order valence-electron chi connectivity index (χ3n) is 4.92. The molecular weight excluding hydrogens is 282 g/mol. The third-order valence-corrected chi connectivity index (χ3v) is 5.12. The predicted octanol–water partition coefficient (Wildman–Crippen LogP) is -3.41. The number of hydrogen-bond donors (Lipinski definition) is 5. The van der Waals surface area contributed by atoms with E-state index >= 15 is 0 Å². The number of quaternary nitrogens is 3. The third kappa shape index (κ3) is 2.64. The molecule has 0 amide bonds. The summed E-state index contributed by atoms with van der Waals surface area (Å²) in [6, 6.07) is 8.36. The lowest BCUT2D eigenvalue weighted by Gasteiger charge is -2.52. The Hall–Kier alpha value is -1.21. The lowest BCUT2D eigenvalue weighted by atomic mass is 9.91. The van der Waals surface area contributed by atoms with Crippen molar-refractivity contribution >= 4 is 23.0 Å². The van der Waals surface area contributed by atoms with Crippen molar-refractivity contribution in [3.8, 4) is 0 Å². The van der Waals surface area contributed by atoms with E-state index in [2.05, 4.69) is 41.8 Å². The topological polar surface area (TPSA) is 37.4 Å². The molecule has 4 aliphatic heterocycles. The van der Waals surface area contributed by atoms with Gasteiger partial charge in [0.15, 0.2) is 10.7 Å². The van der Waals surface area contributed by atoms with E-state index in [9.17, 15) is 0 Å². The Kier molecular flexibility index (Phi) is 3.15. The second kappa shape index (κ2) is 4.91. The van der Waals surface area contributed by atoms with Gasteiger partial charge in [-0.3, -0.25) is 0 Å². The van der Waals surface area contributed by atoms with Gasteiger partial charge in [-0.05, 0) is 36.8 Å². The number of nitrogens with one attached hydrogen (secondary N) is 5. The van der Waals surface area contributed by atoms with E-state index in [1.54, 1.807) is 14.7 Å². The van der Waals surface area contributed by atoms with Crippen LogP contribution in [-0.4, -0.2) is 50.3 Å². The summed E-state index contributed by atoms with van der Waals surface area (Å²) in [5, 5.41) is 7.77. The molecule has 4 heterocycles. The maximum atomic E-state index is 5.56. The second-order valence-corrected chi connectivity index (χ2v) is 7.45. The molecule has 0 spiro atoms. The van der Waals surface area contributed by atoms with Crippen molar-refractivity contribution in [2.45, 2.75) is 12.5 Å². The first-order valence-corrected chi connectivity index (χ1v) is 8.18. The SMILES string of the molecule is Cc1cccc(NC(=S)NC23C[NH+]4C[NH+](C[NH+](C4)C2)C3)c1. The van der Waals surface area contributed by atoms with E-state index in [1.165, 1.54) is 45.2 Å². The molecule has 1 aromatic rings. The van der Waals surface area contributed by atoms with Crippen LogP contribution in [0.25, 0.3) is 0 Å². The van der Waals surface area contributed by atoms with Crippen LogP contribution in [0.3, 0.4) is 0 Å². The minimum absolute atomic E-state index is 0.183. The number of benzene rings is 1. The molecule has 0 unspecified atom stereocenters. The van der Waals surface area contributed by atoms with Crippen LogP contribution in [0.4, 0.5) is 5.69 Å². The van der Waals surface area contributed by atoms with Crippen LogP contribution in [0.2, 0.25) is 0 Å². The molecular formula is C15H24N5S+3. The van der Waals surface area contributed by atoms with Gasteiger partial charge in [-0.25, -0.2) is 14.7 Å². The lowest BCUT2D eigenvalue weighted by molar-refractivity contribution is -1.29. The zero-order chi connectivity index (χ0) is 14.4. The number of rotatable bonds is 2. The molecule has 0 aliphatic carbocycles. The summed E-state index contributed by atoms with van der Waals surface area (Å²) >= 11 is 5.56. The van der Waals surface area contributed by atoms with Crippen LogP contribution in [0.1, 0.15) is 5.56 Å². The van der Waals surface area contributed by atoms with Crippen molar-refractivity contribution < 1.29 is 14.7 Å². The van der Waals surface area contributed by atoms with E-state index in [0.29, 0.717) is 0 Å². The average molecular weight is 306 g/mol. The molecule has 4 aliphatic rings. The lowest BCUT2D eigenvalue weighted by Crippen LogP contribution is -3.56. The highest BCUT2D eigenvalue weighted by Crippen LogP contribution is 2.10. The summed E-state index contributed by atoms with van der Waals surface area (Å²) in [4.78, 5) is 5.15. The molecule has 0 saturated carbocycles. The average Bonchev–Trinajstić information content (AvgIpc) is 2.35. The van der Waals surface area contributed by atoms with Gasteiger partial charge in [0.25, 0.3) is 0 Å². The normalized spacial score (nSPS) is 36.5. The zero-order valence-corrected chi connectivity index (χ0v) is 13.3. The van der Waals surface area contributed by atoms with Gasteiger partial charge in [-0.15, -0.1) is 0 Å². The quantitative estimate of drug-likeness (QED) is 0.370. The molecule has 112 valence electrons. The van der Waals surface area contributed by atoms with Gasteiger partial charge in [-0.1, -0.05) is 12.1 Å². The molecule has 4 bridgehead atoms. The minimum Gasteiger partial charge on any atom is -0.342 e. The first-order chi connectivity index (χ1) is 10.1. The summed E-state index contributed by atoms with van der Waals surface area (Å²) < 4.78 is 0. The van der Waals surface area contributed by atoms with Gasteiger partial charge in [0.2, 0.25) is 20.0 Å². The van der Waals surface area contributed by atoms with E-state index in [1.807, 2.05) is 0 Å². The molecule has 5 N–H and O–H groups in total. The van der Waals surface area contributed by atoms with Gasteiger partial charge in [0.05, 0.1) is 0 Å². The summed E-state index contributed by atoms with van der Waals surface area (Å²) in [6.45, 7) is 9.56. The molecule has 0 radical (unpaired) electrons. The van der Waals surface area contributed by atoms with Gasteiger partial charge < -0.3 is 10.6 Å². The van der Waals surface area contributed by atoms with E-state index in [4.69, 9.17) is 12.2 Å². The number of anilines is 1. The Labute approximate surface area is 130 Å². The Morgan fingerprint density at radius 3 is 2.29 bits per heavy atom. The molecule has 5 rings (SSSR count). The van der Waals surface area contributed by atoms with E-state index < -0.39 is 0 Å². The minimum atomic E-state index is 0.183. The molecule has 1 aromatic carbocycles. The Morgan fingerprint density at radius 1 is 1.10 bits per heavy atom. The molecule has 4 saturated heterocycles. The van der Waals surface area contributed by atoms with Crippen LogP contribution >= 0.6 is 12.2 Å². The monoisotopic (exact) mass is 306 g/mol. The Bertz CT molecular complexity index is 538. The molecule has 0 atom stereocenters. The summed E-state index contributed by atoms with van der Waals surface area (Å²) in [6.07, 6.45) is 0. The van der Waals surface area contributed by atoms with E-state index in [-0.39, 0.29) is 5.54 Å². The molecule has 5 nitrogen and oxygen atoms in total. The first-order valence-electron chi connectivity index (χ1n) is 7.77. The summed E-state index contributed by atoms with van der Waals surface area (Å²) in [7, 11) is 0. The zero-order valence-electron chi connectivity index (χ0n) is 12.5. The Balaban J connectivity index is 1.45. The van der Waals surface area contributed by atoms with Gasteiger partial charge in [0.1, 0.15) is 19.6 Å². The van der Waals surface area contributed by atoms with Crippen molar-refractivity contribution in [3.05, 3.63) is 29.8 Å². The standard InChI is InChI=1S/C15H21N5S/c1-12-3-2-4-13(5-12)16-14(21)17-15-6-18-9-19(7-15)11-20(8-15)10-18/h2-5H,6-11H2,1H3,(H2,16,17,21)/p+3. The summed E-state index contributed by atoms with van der Waals surface area (Å²) in [5.41, 5.74) is 2.51. The van der Waals surface area contributed by atoms with Crippen LogP contribution in [-0.2, 0) is 0 Å². The fourth-order valence-electron chi connectivity index (χ4n) is 4.50. The first kappa shape index (κ1) is 13.5. The van der Waals surface area contributed by atoms with Crippen molar-refractivity contribution in [1.29, 1.82) is 0 Å². The summed E-state index contributed by atoms with van der Waals surface area (Å²) in [5.74, 6) is 0. The van der Waals surface area contributed by atoms with Crippen molar-refractivity contribution in [1.82, 2.24) is 5.32 Å². The molecule has 4 fully saturated rings. The number of thiocarbonyl (C=S) groups is 1. The van der Waals surface area contributed by atoms with Crippen molar-refractivity contribution in [3.63, 3.8) is 0 Å². The van der Waals surface area contributed by atoms with Crippen molar-refractivity contribution in [2.24, 2.45) is 0 Å². The van der Waals surface area contributed by atoms with Gasteiger partial charge in [-0.2, -0.15) is 0 Å². The predicted molar refractivity (Wildman–Crippen MR) is 85.4 cm³/mol. The van der Waals surface area contributed by atoms with Crippen LogP contribution < -0.4 is 25.3 Å². The van der Waals surface area contributed by atoms with Crippen LogP contribution in [0.5, 0.6) is 0 Å². The fraction of sp³-hybridized carbons (Fsp3) is 0.533. The highest BCUT2D eigenvalue weighted by Gasteiger charge is 2.57. The van der Waals surface area contributed by atoms with Crippen LogP contribution in [0.15, 0.2) is 24.3 Å². The van der Waals surface area contributed by atoms with Crippen LogP contribution in [0, 0.1) is 6.92 Å². The molecule has 6 heteroatoms. The van der Waals surface area contributed by atoms with Crippen molar-refractivity contribution in [2.75, 3.05) is 45.0 Å². The number of hydrogen-bond acceptors (Lipinski definition) is 1. The fourth-order valence-corrected chi connectivity index (χ4v) is 4.84. The molecule has 21 heavy (non-hydrogen) atoms. The highest BCUT2D eigenvalue weighted by atomic mass is 32.1. The largest absolute Gasteiger partial charge is 0.342 e. The maximum absolute atomic E-state index is 5.56. The smallest absolute Gasteiger partial charge is 0.213 e. The number of aryl methyl sites for hydroxylation is 1. The highest BCUT2D eigenvalue weighted by molar-refractivity contribution is 7.80. The van der Waals surface area contributed by atoms with E-state index in [0.717, 1.165) is 10.8 Å². The second-order valence-electron chi connectivity index (χ2n) is 7.04. The maximum Gasteiger partial charge on any atom is 0.213 e. The Morgan fingerprint density at radius 2 is 1.71 bits per heavy atom.